The van der Waals surface area contributed by atoms with E-state index in [0.29, 0.717) is 0 Å². The van der Waals surface area contributed by atoms with Crippen LogP contribution < -0.4 is 5.32 Å². The highest BCUT2D eigenvalue weighted by Gasteiger charge is 2.33. The van der Waals surface area contributed by atoms with Gasteiger partial charge in [0.05, 0.1) is 12.6 Å². The molecule has 1 fully saturated rings. The van der Waals surface area contributed by atoms with Gasteiger partial charge in [0.2, 0.25) is 0 Å². The second-order valence-electron chi connectivity index (χ2n) is 6.56. The largest absolute Gasteiger partial charge is 0.479 e. The van der Waals surface area contributed by atoms with Crippen LogP contribution in [0.25, 0.3) is 11.1 Å². The molecule has 134 valence electrons. The zero-order chi connectivity index (χ0) is 18.1. The van der Waals surface area contributed by atoms with E-state index >= 15 is 0 Å². The summed E-state index contributed by atoms with van der Waals surface area (Å²) in [4.78, 5) is 23.0. The van der Waals surface area contributed by atoms with E-state index in [0.717, 1.165) is 11.1 Å². The van der Waals surface area contributed by atoms with Gasteiger partial charge in [0.15, 0.2) is 6.10 Å². The van der Waals surface area contributed by atoms with Crippen LogP contribution in [0.2, 0.25) is 0 Å². The fraction of sp³-hybridized carbons (Fsp3) is 0.300. The molecule has 2 aromatic rings. The first-order valence-electron chi connectivity index (χ1n) is 8.59. The number of rotatable bonds is 4. The Labute approximate surface area is 150 Å². The normalized spacial score (nSPS) is 21.1. The van der Waals surface area contributed by atoms with Crippen LogP contribution in [-0.4, -0.2) is 42.5 Å². The number of alkyl carbamates (subject to hydrolysis) is 1. The Kier molecular flexibility index (Phi) is 4.34. The first-order valence-corrected chi connectivity index (χ1v) is 8.59. The Balaban J connectivity index is 1.41. The number of carbonyl (C=O) groups is 2. The number of hydrogen-bond donors (Lipinski definition) is 2. The average Bonchev–Trinajstić information content (AvgIpc) is 3.23. The van der Waals surface area contributed by atoms with Crippen LogP contribution in [0.5, 0.6) is 0 Å². The number of fused-ring (bicyclic) bond motifs is 3. The van der Waals surface area contributed by atoms with Crippen molar-refractivity contribution in [2.45, 2.75) is 24.5 Å². The molecule has 1 aliphatic heterocycles. The van der Waals surface area contributed by atoms with E-state index in [9.17, 15) is 9.59 Å². The minimum absolute atomic E-state index is 0.000235. The minimum Gasteiger partial charge on any atom is -0.479 e. The second kappa shape index (κ2) is 6.80. The monoisotopic (exact) mass is 353 g/mol. The lowest BCUT2D eigenvalue weighted by atomic mass is 9.98. The summed E-state index contributed by atoms with van der Waals surface area (Å²) in [5.41, 5.74) is 4.64. The molecule has 0 spiro atoms. The van der Waals surface area contributed by atoms with E-state index in [2.05, 4.69) is 29.6 Å². The number of carboxylic acids is 1. The van der Waals surface area contributed by atoms with Gasteiger partial charge in [0.1, 0.15) is 6.61 Å². The van der Waals surface area contributed by atoms with Crippen molar-refractivity contribution in [2.75, 3.05) is 13.2 Å². The van der Waals surface area contributed by atoms with Crippen LogP contribution in [0.15, 0.2) is 48.5 Å². The third-order valence-electron chi connectivity index (χ3n) is 4.94. The highest BCUT2D eigenvalue weighted by molar-refractivity contribution is 5.79. The Bertz CT molecular complexity index is 804. The van der Waals surface area contributed by atoms with Crippen molar-refractivity contribution < 1.29 is 24.2 Å². The van der Waals surface area contributed by atoms with Crippen molar-refractivity contribution in [3.05, 3.63) is 59.7 Å². The van der Waals surface area contributed by atoms with Crippen LogP contribution in [-0.2, 0) is 14.3 Å². The number of nitrogens with one attached hydrogen (secondary N) is 1. The molecule has 2 atom stereocenters. The van der Waals surface area contributed by atoms with Crippen LogP contribution in [0.3, 0.4) is 0 Å². The molecular formula is C20H19NO5. The van der Waals surface area contributed by atoms with E-state index in [1.807, 2.05) is 24.3 Å². The van der Waals surface area contributed by atoms with Crippen LogP contribution in [0, 0.1) is 0 Å². The maximum atomic E-state index is 12.1. The molecule has 1 amide bonds. The van der Waals surface area contributed by atoms with Crippen LogP contribution >= 0.6 is 0 Å². The summed E-state index contributed by atoms with van der Waals surface area (Å²) in [5.74, 6) is -1.01. The molecule has 1 heterocycles. The number of carbonyl (C=O) groups excluding carboxylic acids is 1. The van der Waals surface area contributed by atoms with Crippen molar-refractivity contribution >= 4 is 12.1 Å². The van der Waals surface area contributed by atoms with Crippen molar-refractivity contribution in [2.24, 2.45) is 0 Å². The molecule has 1 aliphatic carbocycles. The van der Waals surface area contributed by atoms with E-state index in [1.165, 1.54) is 11.1 Å². The lowest BCUT2D eigenvalue weighted by Gasteiger charge is -2.16. The topological polar surface area (TPSA) is 84.9 Å². The SMILES string of the molecule is O=C(N[C@@H]1CO[C@H](C(=O)O)C1)OCC1c2ccccc2-c2ccccc21. The zero-order valence-corrected chi connectivity index (χ0v) is 14.1. The molecule has 0 unspecified atom stereocenters. The van der Waals surface area contributed by atoms with Gasteiger partial charge < -0.3 is 19.9 Å². The van der Waals surface area contributed by atoms with Gasteiger partial charge in [-0.2, -0.15) is 0 Å². The Morgan fingerprint density at radius 2 is 1.69 bits per heavy atom. The van der Waals surface area contributed by atoms with Crippen LogP contribution in [0.1, 0.15) is 23.5 Å². The highest BCUT2D eigenvalue weighted by atomic mass is 16.6. The number of ether oxygens (including phenoxy) is 2. The fourth-order valence-electron chi connectivity index (χ4n) is 3.71. The van der Waals surface area contributed by atoms with Crippen molar-refractivity contribution in [3.8, 4) is 11.1 Å². The quantitative estimate of drug-likeness (QED) is 0.883. The highest BCUT2D eigenvalue weighted by Crippen LogP contribution is 2.44. The number of benzene rings is 2. The van der Waals surface area contributed by atoms with Gasteiger partial charge in [-0.25, -0.2) is 9.59 Å². The molecule has 0 bridgehead atoms. The summed E-state index contributed by atoms with van der Waals surface area (Å²) in [7, 11) is 0. The molecule has 26 heavy (non-hydrogen) atoms. The summed E-state index contributed by atoms with van der Waals surface area (Å²) < 4.78 is 10.6. The molecule has 4 rings (SSSR count). The van der Waals surface area contributed by atoms with Crippen molar-refractivity contribution in [1.29, 1.82) is 0 Å². The number of hydrogen-bond acceptors (Lipinski definition) is 4. The number of amides is 1. The van der Waals surface area contributed by atoms with Gasteiger partial charge in [0.25, 0.3) is 0 Å². The molecule has 2 N–H and O–H groups in total. The standard InChI is InChI=1S/C20H19NO5/c22-19(23)18-9-12(10-25-18)21-20(24)26-11-17-15-7-3-1-5-13(15)14-6-2-4-8-16(14)17/h1-8,12,17-18H,9-11H2,(H,21,24)(H,22,23)/t12-,18-/m0/s1. The first-order chi connectivity index (χ1) is 12.6. The molecule has 2 aliphatic rings. The molecular weight excluding hydrogens is 334 g/mol. The summed E-state index contributed by atoms with van der Waals surface area (Å²) in [6.45, 7) is 0.414. The molecule has 0 saturated carbocycles. The molecule has 1 saturated heterocycles. The summed E-state index contributed by atoms with van der Waals surface area (Å²) in [6.07, 6.45) is -1.17. The summed E-state index contributed by atoms with van der Waals surface area (Å²) >= 11 is 0. The fourth-order valence-corrected chi connectivity index (χ4v) is 3.71. The van der Waals surface area contributed by atoms with Crippen molar-refractivity contribution in [1.82, 2.24) is 5.32 Å². The second-order valence-corrected chi connectivity index (χ2v) is 6.56. The maximum absolute atomic E-state index is 12.1. The molecule has 6 nitrogen and oxygen atoms in total. The number of carboxylic acid groups (broad SMARTS) is 1. The summed E-state index contributed by atoms with van der Waals surface area (Å²) in [6, 6.07) is 15.9. The van der Waals surface area contributed by atoms with Gasteiger partial charge in [-0.05, 0) is 22.3 Å². The van der Waals surface area contributed by atoms with Gasteiger partial charge in [-0.3, -0.25) is 0 Å². The average molecular weight is 353 g/mol. The minimum atomic E-state index is -1.01. The van der Waals surface area contributed by atoms with Crippen molar-refractivity contribution in [3.63, 3.8) is 0 Å². The third kappa shape index (κ3) is 3.04. The van der Waals surface area contributed by atoms with E-state index in [-0.39, 0.29) is 31.6 Å². The lowest BCUT2D eigenvalue weighted by Crippen LogP contribution is -2.36. The smallest absolute Gasteiger partial charge is 0.407 e. The Morgan fingerprint density at radius 3 is 2.27 bits per heavy atom. The lowest BCUT2D eigenvalue weighted by molar-refractivity contribution is -0.147. The molecule has 0 aromatic heterocycles. The van der Waals surface area contributed by atoms with Gasteiger partial charge in [-0.15, -0.1) is 0 Å². The first kappa shape index (κ1) is 16.6. The maximum Gasteiger partial charge on any atom is 0.407 e. The zero-order valence-electron chi connectivity index (χ0n) is 14.1. The van der Waals surface area contributed by atoms with E-state index in [4.69, 9.17) is 14.6 Å². The molecule has 0 radical (unpaired) electrons. The predicted molar refractivity (Wildman–Crippen MR) is 94.0 cm³/mol. The Morgan fingerprint density at radius 1 is 1.08 bits per heavy atom. The number of aliphatic carboxylic acids is 1. The van der Waals surface area contributed by atoms with Gasteiger partial charge >= 0.3 is 12.1 Å². The van der Waals surface area contributed by atoms with Gasteiger partial charge in [0, 0.05) is 12.3 Å². The molecule has 2 aromatic carbocycles. The van der Waals surface area contributed by atoms with Gasteiger partial charge in [-0.1, -0.05) is 48.5 Å². The van der Waals surface area contributed by atoms with E-state index < -0.39 is 18.2 Å². The third-order valence-corrected chi connectivity index (χ3v) is 4.94. The summed E-state index contributed by atoms with van der Waals surface area (Å²) in [5, 5.41) is 11.6. The van der Waals surface area contributed by atoms with E-state index in [1.54, 1.807) is 0 Å². The predicted octanol–water partition coefficient (Wildman–Crippen LogP) is 2.77. The Hall–Kier alpha value is -2.86. The van der Waals surface area contributed by atoms with Crippen LogP contribution in [0.4, 0.5) is 4.79 Å². The molecule has 6 heteroatoms.